The van der Waals surface area contributed by atoms with E-state index in [-0.39, 0.29) is 69.7 Å². The molecule has 0 heterocycles. The Kier molecular flexibility index (Phi) is 14.3. The SMILES string of the molecule is CCC(C)(C)c1ccc(ON(C(C)=O)c2cc(Oc3ccc(N=Nc4c(S(=O)(=O)O)cc5cc(N(C)C)ccc5c4O)cc3)c(C)c(Cl)c2O)c(C(C)(C)CC)c1.[H-].[Na+]. The van der Waals surface area contributed by atoms with Crippen molar-refractivity contribution >= 4 is 61.1 Å². The molecule has 0 spiro atoms. The Labute approximate surface area is 368 Å². The number of hydroxylamine groups is 1. The molecule has 5 aromatic rings. The van der Waals surface area contributed by atoms with Crippen LogP contribution < -0.4 is 49.1 Å². The smallest absolute Gasteiger partial charge is 1.00 e. The number of phenols is 2. The first-order chi connectivity index (χ1) is 26.6. The fourth-order valence-corrected chi connectivity index (χ4v) is 6.87. The third-order valence-electron chi connectivity index (χ3n) is 10.5. The standard InChI is InChI=1S/C43H49ClN4O8S.Na.H/c1-11-42(5,6)28-13-20-35(33(23-28)43(7,8)12-2)56-48(26(4)49)34-24-36(25(3)38(44)41(34)51)55-31-17-14-29(15-18-31)45-46-39-37(57(52,53)54)22-27-21-30(47(9)10)16-19-32(27)40(39)50;;/h13-24,50-51H,11-12H2,1-10H3,(H,52,53,54);;/q;+1;-1. The Morgan fingerprint density at radius 1 is 0.862 bits per heavy atom. The van der Waals surface area contributed by atoms with Gasteiger partial charge in [-0.1, -0.05) is 65.3 Å². The number of hydrogen-bond donors (Lipinski definition) is 3. The quantitative estimate of drug-likeness (QED) is 0.0457. The molecule has 304 valence electrons. The molecular weight excluding hydrogens is 791 g/mol. The molecule has 3 N–H and O–H groups in total. The first-order valence-electron chi connectivity index (χ1n) is 18.4. The number of aromatic hydroxyl groups is 2. The van der Waals surface area contributed by atoms with E-state index in [1.807, 2.05) is 31.1 Å². The minimum Gasteiger partial charge on any atom is -1.00 e. The van der Waals surface area contributed by atoms with Crippen LogP contribution in [0.15, 0.2) is 87.9 Å². The normalized spacial score (nSPS) is 12.1. The van der Waals surface area contributed by atoms with Crippen molar-refractivity contribution in [3.8, 4) is 28.7 Å². The number of carbonyl (C=O) groups excluding carboxylic acids is 1. The number of benzene rings is 5. The van der Waals surface area contributed by atoms with Crippen LogP contribution in [-0.4, -0.2) is 43.2 Å². The second-order valence-electron chi connectivity index (χ2n) is 15.4. The second kappa shape index (κ2) is 17.9. The second-order valence-corrected chi connectivity index (χ2v) is 17.2. The van der Waals surface area contributed by atoms with Crippen molar-refractivity contribution in [2.45, 2.75) is 84.0 Å². The van der Waals surface area contributed by atoms with E-state index in [0.717, 1.165) is 34.7 Å². The molecule has 5 aromatic carbocycles. The van der Waals surface area contributed by atoms with E-state index < -0.39 is 32.4 Å². The molecule has 0 unspecified atom stereocenters. The zero-order valence-corrected chi connectivity index (χ0v) is 38.4. The minimum absolute atomic E-state index is 0. The Morgan fingerprint density at radius 3 is 2.07 bits per heavy atom. The van der Waals surface area contributed by atoms with Crippen molar-refractivity contribution < 1.29 is 68.5 Å². The summed E-state index contributed by atoms with van der Waals surface area (Å²) in [5.41, 5.74) is 2.62. The molecule has 5 rings (SSSR count). The Morgan fingerprint density at radius 2 is 1.50 bits per heavy atom. The fourth-order valence-electron chi connectivity index (χ4n) is 6.02. The van der Waals surface area contributed by atoms with Gasteiger partial charge in [-0.05, 0) is 96.1 Å². The predicted molar refractivity (Wildman–Crippen MR) is 226 cm³/mol. The van der Waals surface area contributed by atoms with Crippen LogP contribution in [0.1, 0.15) is 79.4 Å². The van der Waals surface area contributed by atoms with Crippen molar-refractivity contribution in [2.75, 3.05) is 24.1 Å². The molecule has 0 bridgehead atoms. The van der Waals surface area contributed by atoms with Gasteiger partial charge in [0.15, 0.2) is 17.2 Å². The van der Waals surface area contributed by atoms with Gasteiger partial charge in [-0.25, -0.2) is 0 Å². The number of halogens is 1. The zero-order valence-electron chi connectivity index (χ0n) is 35.8. The van der Waals surface area contributed by atoms with Crippen molar-refractivity contribution in [3.05, 3.63) is 94.5 Å². The molecule has 58 heavy (non-hydrogen) atoms. The Hall–Kier alpha value is -4.37. The number of fused-ring (bicyclic) bond motifs is 1. The number of amides is 1. The molecule has 0 saturated heterocycles. The van der Waals surface area contributed by atoms with Crippen LogP contribution in [0, 0.1) is 6.92 Å². The molecule has 0 radical (unpaired) electrons. The van der Waals surface area contributed by atoms with Gasteiger partial charge in [-0.3, -0.25) is 9.35 Å². The van der Waals surface area contributed by atoms with E-state index in [0.29, 0.717) is 27.8 Å². The summed E-state index contributed by atoms with van der Waals surface area (Å²) in [6, 6.07) is 19.9. The molecule has 0 aliphatic rings. The van der Waals surface area contributed by atoms with Crippen LogP contribution in [0.25, 0.3) is 10.8 Å². The maximum atomic E-state index is 13.2. The number of nitrogens with zero attached hydrogens (tertiary/aromatic N) is 4. The number of anilines is 2. The summed E-state index contributed by atoms with van der Waals surface area (Å²) < 4.78 is 40.9. The predicted octanol–water partition coefficient (Wildman–Crippen LogP) is 8.57. The minimum atomic E-state index is -4.80. The van der Waals surface area contributed by atoms with Crippen LogP contribution in [0.5, 0.6) is 28.7 Å². The monoisotopic (exact) mass is 840 g/mol. The third-order valence-corrected chi connectivity index (χ3v) is 11.9. The maximum Gasteiger partial charge on any atom is 1.00 e. The van der Waals surface area contributed by atoms with Gasteiger partial charge in [0.2, 0.25) is 0 Å². The summed E-state index contributed by atoms with van der Waals surface area (Å²) in [6.07, 6.45) is 1.73. The molecular formula is C43H50ClN4NaO8S. The summed E-state index contributed by atoms with van der Waals surface area (Å²) in [5.74, 6) is -0.345. The van der Waals surface area contributed by atoms with E-state index in [9.17, 15) is 28.0 Å². The van der Waals surface area contributed by atoms with Crippen LogP contribution in [0.2, 0.25) is 5.02 Å². The average Bonchev–Trinajstić information content (AvgIpc) is 3.16. The van der Waals surface area contributed by atoms with Gasteiger partial charge in [0.25, 0.3) is 16.0 Å². The largest absolute Gasteiger partial charge is 1.00 e. The van der Waals surface area contributed by atoms with Crippen molar-refractivity contribution in [1.29, 1.82) is 0 Å². The average molecular weight is 841 g/mol. The molecule has 0 atom stereocenters. The number of phenolic OH excluding ortho intramolecular Hbond substituents is 2. The summed E-state index contributed by atoms with van der Waals surface area (Å²) in [6.45, 7) is 15.8. The number of hydrogen-bond acceptors (Lipinski definition) is 10. The number of rotatable bonds is 13. The number of carbonyl (C=O) groups is 1. The summed E-state index contributed by atoms with van der Waals surface area (Å²) >= 11 is 6.63. The van der Waals surface area contributed by atoms with E-state index in [1.54, 1.807) is 37.3 Å². The number of ether oxygens (including phenoxy) is 1. The van der Waals surface area contributed by atoms with Crippen LogP contribution in [0.4, 0.5) is 22.7 Å². The number of azo groups is 1. The van der Waals surface area contributed by atoms with E-state index in [2.05, 4.69) is 57.8 Å². The van der Waals surface area contributed by atoms with Crippen LogP contribution in [0.3, 0.4) is 0 Å². The Bertz CT molecular complexity index is 2500. The Balaban J connectivity index is 0.00000465. The van der Waals surface area contributed by atoms with Gasteiger partial charge in [-0.2, -0.15) is 13.5 Å². The third kappa shape index (κ3) is 9.73. The summed E-state index contributed by atoms with van der Waals surface area (Å²) in [4.78, 5) is 20.7. The molecule has 0 aliphatic heterocycles. The first kappa shape index (κ1) is 46.3. The van der Waals surface area contributed by atoms with Crippen molar-refractivity contribution in [2.24, 2.45) is 10.2 Å². The van der Waals surface area contributed by atoms with Gasteiger partial charge in [0, 0.05) is 49.3 Å². The molecule has 0 saturated carbocycles. The van der Waals surface area contributed by atoms with Crippen molar-refractivity contribution in [1.82, 2.24) is 0 Å². The van der Waals surface area contributed by atoms with E-state index >= 15 is 0 Å². The zero-order chi connectivity index (χ0) is 42.2. The molecule has 15 heteroatoms. The molecule has 0 aliphatic carbocycles. The summed E-state index contributed by atoms with van der Waals surface area (Å²) in [7, 11) is -1.16. The van der Waals surface area contributed by atoms with Crippen molar-refractivity contribution in [3.63, 3.8) is 0 Å². The van der Waals surface area contributed by atoms with Gasteiger partial charge < -0.3 is 26.1 Å². The van der Waals surface area contributed by atoms with E-state index in [4.69, 9.17) is 21.2 Å². The van der Waals surface area contributed by atoms with Crippen LogP contribution >= 0.6 is 11.6 Å². The molecule has 1 amide bonds. The van der Waals surface area contributed by atoms with Crippen LogP contribution in [-0.2, 0) is 25.7 Å². The van der Waals surface area contributed by atoms with Gasteiger partial charge in [0.1, 0.15) is 27.8 Å². The molecule has 0 fully saturated rings. The molecule has 0 aromatic heterocycles. The van der Waals surface area contributed by atoms with Gasteiger partial charge in [0.05, 0.1) is 10.7 Å². The molecule has 12 nitrogen and oxygen atoms in total. The van der Waals surface area contributed by atoms with Gasteiger partial charge in [-0.15, -0.1) is 10.2 Å². The summed E-state index contributed by atoms with van der Waals surface area (Å²) in [5, 5.41) is 32.1. The van der Waals surface area contributed by atoms with Gasteiger partial charge >= 0.3 is 29.6 Å². The van der Waals surface area contributed by atoms with E-state index in [1.165, 1.54) is 31.2 Å². The maximum absolute atomic E-state index is 13.2. The first-order valence-corrected chi connectivity index (χ1v) is 20.2. The fraction of sp³-hybridized carbons (Fsp3) is 0.326. The topological polar surface area (TPSA) is 162 Å².